The first-order valence-electron chi connectivity index (χ1n) is 22.6. The molecule has 1 aromatic heterocycles. The third-order valence-electron chi connectivity index (χ3n) is 12.9. The Balaban J connectivity index is 0.925. The monoisotopic (exact) mass is 841 g/mol. The fourth-order valence-corrected chi connectivity index (χ4v) is 9.72. The Morgan fingerprint density at radius 3 is 1.23 bits per heavy atom. The lowest BCUT2D eigenvalue weighted by molar-refractivity contribution is 0.669. The van der Waals surface area contributed by atoms with E-state index in [0.717, 1.165) is 55.7 Å². The Morgan fingerprint density at radius 2 is 0.621 bits per heavy atom. The maximum atomic E-state index is 6.27. The third-order valence-corrected chi connectivity index (χ3v) is 12.9. The molecule has 66 heavy (non-hydrogen) atoms. The number of hydrogen-bond donors (Lipinski definition) is 0. The van der Waals surface area contributed by atoms with E-state index >= 15 is 0 Å². The van der Waals surface area contributed by atoms with E-state index < -0.39 is 0 Å². The van der Waals surface area contributed by atoms with Crippen LogP contribution in [0.25, 0.3) is 99.5 Å². The van der Waals surface area contributed by atoms with Gasteiger partial charge in [0.25, 0.3) is 0 Å². The zero-order chi connectivity index (χ0) is 43.8. The summed E-state index contributed by atoms with van der Waals surface area (Å²) in [5, 5.41) is 4.76. The molecule has 2 nitrogen and oxygen atoms in total. The van der Waals surface area contributed by atoms with Crippen LogP contribution in [0.2, 0.25) is 0 Å². The van der Waals surface area contributed by atoms with Crippen molar-refractivity contribution in [1.82, 2.24) is 0 Å². The molecule has 12 aromatic rings. The Kier molecular flexibility index (Phi) is 9.89. The van der Waals surface area contributed by atoms with Crippen molar-refractivity contribution in [2.45, 2.75) is 0 Å². The minimum absolute atomic E-state index is 0.896. The Morgan fingerprint density at radius 1 is 0.227 bits per heavy atom. The van der Waals surface area contributed by atoms with Crippen LogP contribution in [0.1, 0.15) is 0 Å². The van der Waals surface area contributed by atoms with E-state index in [2.05, 4.69) is 254 Å². The van der Waals surface area contributed by atoms with Crippen LogP contribution in [-0.2, 0) is 0 Å². The number of benzene rings is 11. The van der Waals surface area contributed by atoms with Gasteiger partial charge in [-0.1, -0.05) is 206 Å². The summed E-state index contributed by atoms with van der Waals surface area (Å²) in [4.78, 5) is 2.35. The second-order valence-corrected chi connectivity index (χ2v) is 16.8. The second-order valence-electron chi connectivity index (χ2n) is 16.8. The molecule has 11 aromatic carbocycles. The van der Waals surface area contributed by atoms with Crippen molar-refractivity contribution in [2.75, 3.05) is 4.90 Å². The molecular formula is C64H43NO. The van der Waals surface area contributed by atoms with E-state index in [1.54, 1.807) is 0 Å². The summed E-state index contributed by atoms with van der Waals surface area (Å²) >= 11 is 0. The van der Waals surface area contributed by atoms with Gasteiger partial charge in [0.2, 0.25) is 0 Å². The second kappa shape index (κ2) is 16.8. The SMILES string of the molecule is c1ccc(-c2ccccc2-c2ccccc2-c2ccccc2-c2ccc(N(c3ccc(-c4ccc5c(c4)oc4ccccc45)cc3)c3ccc(-c4cccc5ccccc45)cc3)cc2)cc1. The molecule has 310 valence electrons. The molecule has 0 fully saturated rings. The van der Waals surface area contributed by atoms with Gasteiger partial charge in [-0.05, 0) is 132 Å². The quantitative estimate of drug-likeness (QED) is 0.144. The smallest absolute Gasteiger partial charge is 0.136 e. The van der Waals surface area contributed by atoms with Crippen LogP contribution in [0.3, 0.4) is 0 Å². The number of anilines is 3. The fourth-order valence-electron chi connectivity index (χ4n) is 9.72. The molecule has 0 aliphatic heterocycles. The van der Waals surface area contributed by atoms with E-state index in [-0.39, 0.29) is 0 Å². The lowest BCUT2D eigenvalue weighted by Crippen LogP contribution is -2.09. The van der Waals surface area contributed by atoms with E-state index in [9.17, 15) is 0 Å². The highest BCUT2D eigenvalue weighted by Crippen LogP contribution is 2.43. The highest BCUT2D eigenvalue weighted by Gasteiger charge is 2.18. The van der Waals surface area contributed by atoms with Crippen molar-refractivity contribution in [3.63, 3.8) is 0 Å². The largest absolute Gasteiger partial charge is 0.456 e. The van der Waals surface area contributed by atoms with Crippen LogP contribution in [0.15, 0.2) is 265 Å². The molecule has 0 amide bonds. The van der Waals surface area contributed by atoms with Crippen molar-refractivity contribution in [2.24, 2.45) is 0 Å². The van der Waals surface area contributed by atoms with Crippen LogP contribution in [-0.4, -0.2) is 0 Å². The summed E-state index contributed by atoms with van der Waals surface area (Å²) in [6.07, 6.45) is 0. The van der Waals surface area contributed by atoms with Gasteiger partial charge in [0.05, 0.1) is 0 Å². The molecule has 0 aliphatic carbocycles. The molecular weight excluding hydrogens is 799 g/mol. The average molecular weight is 842 g/mol. The van der Waals surface area contributed by atoms with E-state index in [4.69, 9.17) is 4.42 Å². The highest BCUT2D eigenvalue weighted by atomic mass is 16.3. The number of rotatable bonds is 9. The molecule has 0 saturated heterocycles. The van der Waals surface area contributed by atoms with Crippen LogP contribution in [0, 0.1) is 0 Å². The normalized spacial score (nSPS) is 11.3. The number of para-hydroxylation sites is 1. The molecule has 0 N–H and O–H groups in total. The molecule has 0 saturated carbocycles. The van der Waals surface area contributed by atoms with Crippen LogP contribution in [0.5, 0.6) is 0 Å². The average Bonchev–Trinajstić information content (AvgIpc) is 3.78. The molecule has 2 heteroatoms. The third kappa shape index (κ3) is 7.12. The van der Waals surface area contributed by atoms with E-state index in [1.165, 1.54) is 60.8 Å². The minimum Gasteiger partial charge on any atom is -0.456 e. The lowest BCUT2D eigenvalue weighted by atomic mass is 9.87. The Hall–Kier alpha value is -8.72. The van der Waals surface area contributed by atoms with Crippen LogP contribution >= 0.6 is 0 Å². The van der Waals surface area contributed by atoms with Gasteiger partial charge in [-0.25, -0.2) is 0 Å². The van der Waals surface area contributed by atoms with Crippen molar-refractivity contribution in [1.29, 1.82) is 0 Å². The Labute approximate surface area is 384 Å². The minimum atomic E-state index is 0.896. The van der Waals surface area contributed by atoms with Gasteiger partial charge in [-0.3, -0.25) is 0 Å². The van der Waals surface area contributed by atoms with Crippen LogP contribution in [0.4, 0.5) is 17.1 Å². The Bertz CT molecular complexity index is 3670. The van der Waals surface area contributed by atoms with Gasteiger partial charge in [0.15, 0.2) is 0 Å². The van der Waals surface area contributed by atoms with Gasteiger partial charge in [0, 0.05) is 27.8 Å². The van der Waals surface area contributed by atoms with Gasteiger partial charge >= 0.3 is 0 Å². The first-order valence-corrected chi connectivity index (χ1v) is 22.6. The zero-order valence-corrected chi connectivity index (χ0v) is 36.2. The molecule has 12 rings (SSSR count). The molecule has 0 radical (unpaired) electrons. The topological polar surface area (TPSA) is 16.4 Å². The highest BCUT2D eigenvalue weighted by molar-refractivity contribution is 6.06. The maximum absolute atomic E-state index is 6.27. The number of furan rings is 1. The van der Waals surface area contributed by atoms with Crippen molar-refractivity contribution in [3.05, 3.63) is 261 Å². The molecule has 0 atom stereocenters. The number of hydrogen-bond acceptors (Lipinski definition) is 2. The predicted molar refractivity (Wildman–Crippen MR) is 279 cm³/mol. The fraction of sp³-hybridized carbons (Fsp3) is 0. The van der Waals surface area contributed by atoms with Crippen molar-refractivity contribution >= 4 is 49.8 Å². The van der Waals surface area contributed by atoms with Gasteiger partial charge < -0.3 is 9.32 Å². The molecule has 1 heterocycles. The molecule has 0 bridgehead atoms. The first kappa shape index (κ1) is 38.9. The van der Waals surface area contributed by atoms with Crippen molar-refractivity contribution in [3.8, 4) is 66.8 Å². The van der Waals surface area contributed by atoms with Crippen molar-refractivity contribution < 1.29 is 4.42 Å². The van der Waals surface area contributed by atoms with Gasteiger partial charge in [0.1, 0.15) is 11.2 Å². The summed E-state index contributed by atoms with van der Waals surface area (Å²) in [6, 6.07) is 93.8. The lowest BCUT2D eigenvalue weighted by Gasteiger charge is -2.26. The standard InChI is InChI=1S/C64H43NO/c1-2-15-45(16-3-1)55-20-6-8-22-57(55)59-24-10-11-25-60(59)58-23-9-7-21-56(58)48-33-40-52(41-34-48)65(51-38-31-47(32-39-51)54-27-14-18-46-17-4-5-19-53(46)54)50-36-29-44(30-37-50)49-35-42-62-61-26-12-13-28-63(61)66-64(62)43-49/h1-43H. The number of fused-ring (bicyclic) bond motifs is 4. The van der Waals surface area contributed by atoms with Gasteiger partial charge in [-0.15, -0.1) is 0 Å². The maximum Gasteiger partial charge on any atom is 0.136 e. The van der Waals surface area contributed by atoms with E-state index in [0.29, 0.717) is 0 Å². The zero-order valence-electron chi connectivity index (χ0n) is 36.2. The van der Waals surface area contributed by atoms with E-state index in [1.807, 2.05) is 12.1 Å². The summed E-state index contributed by atoms with van der Waals surface area (Å²) in [5.74, 6) is 0. The number of nitrogens with zero attached hydrogens (tertiary/aromatic N) is 1. The summed E-state index contributed by atoms with van der Waals surface area (Å²) < 4.78 is 6.27. The molecule has 0 aliphatic rings. The van der Waals surface area contributed by atoms with Crippen LogP contribution < -0.4 is 4.90 Å². The molecule has 0 unspecified atom stereocenters. The molecule has 0 spiro atoms. The summed E-state index contributed by atoms with van der Waals surface area (Å²) in [7, 11) is 0. The predicted octanol–water partition coefficient (Wildman–Crippen LogP) is 18.2. The summed E-state index contributed by atoms with van der Waals surface area (Å²) in [6.45, 7) is 0. The summed E-state index contributed by atoms with van der Waals surface area (Å²) in [5.41, 5.74) is 19.3. The van der Waals surface area contributed by atoms with Gasteiger partial charge in [-0.2, -0.15) is 0 Å². The first-order chi connectivity index (χ1) is 32.7.